The Hall–Kier alpha value is -4.75. The first kappa shape index (κ1) is 30.2. The zero-order chi connectivity index (χ0) is 30.2. The molecule has 0 aliphatic rings. The number of ether oxygens (including phenoxy) is 2. The fraction of sp³-hybridized carbons (Fsp3) is 0.138. The molecule has 4 rings (SSSR count). The lowest BCUT2D eigenvalue weighted by atomic mass is 10.3. The number of urea groups is 1. The minimum Gasteiger partial charge on any atom is -0.494 e. The first-order valence-electron chi connectivity index (χ1n) is 12.7. The number of benzene rings is 4. The summed E-state index contributed by atoms with van der Waals surface area (Å²) in [6.07, 6.45) is 0. The van der Waals surface area contributed by atoms with Gasteiger partial charge in [0.05, 0.1) is 13.2 Å². The third-order valence-corrected chi connectivity index (χ3v) is 8.01. The van der Waals surface area contributed by atoms with Gasteiger partial charge in [-0.2, -0.15) is 16.8 Å². The van der Waals surface area contributed by atoms with Crippen molar-refractivity contribution >= 4 is 37.6 Å². The standard InChI is InChI=1S/C29H28N2O9S2/c1-3-37-23-13-17-27(18-14-23)41(33,34)39-25-9-5-21(6-10-25)30-29(32)31-22-7-11-26(12-8-22)40-42(35,36)28-19-15-24(16-20-28)38-4-2/h5-20H,3-4H2,1-2H3,(H2,30,31,32). The second-order valence-corrected chi connectivity index (χ2v) is 11.6. The summed E-state index contributed by atoms with van der Waals surface area (Å²) >= 11 is 0. The van der Waals surface area contributed by atoms with Gasteiger partial charge >= 0.3 is 26.3 Å². The van der Waals surface area contributed by atoms with Crippen LogP contribution in [0.3, 0.4) is 0 Å². The number of carbonyl (C=O) groups is 1. The molecule has 0 radical (unpaired) electrons. The molecule has 11 nitrogen and oxygen atoms in total. The molecular formula is C29H28N2O9S2. The van der Waals surface area contributed by atoms with Crippen molar-refractivity contribution in [1.29, 1.82) is 0 Å². The number of rotatable bonds is 12. The quantitative estimate of drug-likeness (QED) is 0.193. The molecule has 4 aromatic rings. The molecule has 13 heteroatoms. The van der Waals surface area contributed by atoms with E-state index in [2.05, 4.69) is 10.6 Å². The molecular weight excluding hydrogens is 584 g/mol. The third-order valence-electron chi connectivity index (χ3n) is 5.48. The fourth-order valence-electron chi connectivity index (χ4n) is 3.57. The van der Waals surface area contributed by atoms with Crippen molar-refractivity contribution in [3.8, 4) is 23.0 Å². The lowest BCUT2D eigenvalue weighted by Crippen LogP contribution is -2.19. The molecule has 0 bridgehead atoms. The summed E-state index contributed by atoms with van der Waals surface area (Å²) in [6, 6.07) is 22.6. The molecule has 2 N–H and O–H groups in total. The van der Waals surface area contributed by atoms with Crippen LogP contribution in [0.1, 0.15) is 13.8 Å². The first-order valence-corrected chi connectivity index (χ1v) is 15.5. The highest BCUT2D eigenvalue weighted by atomic mass is 32.2. The van der Waals surface area contributed by atoms with Crippen LogP contribution in [0, 0.1) is 0 Å². The SMILES string of the molecule is CCOc1ccc(S(=O)(=O)Oc2ccc(NC(=O)Nc3ccc(OS(=O)(=O)c4ccc(OCC)cc4)cc3)cc2)cc1. The maximum absolute atomic E-state index is 12.6. The van der Waals surface area contributed by atoms with Crippen LogP contribution in [0.2, 0.25) is 0 Å². The van der Waals surface area contributed by atoms with Gasteiger partial charge < -0.3 is 28.5 Å². The Morgan fingerprint density at radius 1 is 0.524 bits per heavy atom. The number of carbonyl (C=O) groups excluding carboxylic acids is 1. The molecule has 0 saturated carbocycles. The summed E-state index contributed by atoms with van der Waals surface area (Å²) in [5.41, 5.74) is 0.749. The van der Waals surface area contributed by atoms with Gasteiger partial charge in [-0.15, -0.1) is 0 Å². The Balaban J connectivity index is 1.30. The van der Waals surface area contributed by atoms with Gasteiger partial charge in [-0.3, -0.25) is 0 Å². The zero-order valence-electron chi connectivity index (χ0n) is 22.6. The van der Waals surface area contributed by atoms with E-state index in [-0.39, 0.29) is 21.3 Å². The molecule has 0 atom stereocenters. The number of nitrogens with one attached hydrogen (secondary N) is 2. The van der Waals surface area contributed by atoms with Crippen molar-refractivity contribution in [3.05, 3.63) is 97.1 Å². The Morgan fingerprint density at radius 2 is 0.833 bits per heavy atom. The Morgan fingerprint density at radius 3 is 1.14 bits per heavy atom. The van der Waals surface area contributed by atoms with Gasteiger partial charge in [-0.05, 0) is 111 Å². The largest absolute Gasteiger partial charge is 0.494 e. The molecule has 0 unspecified atom stereocenters. The van der Waals surface area contributed by atoms with E-state index < -0.39 is 26.3 Å². The van der Waals surface area contributed by atoms with E-state index in [0.717, 1.165) is 0 Å². The monoisotopic (exact) mass is 612 g/mol. The van der Waals surface area contributed by atoms with Crippen molar-refractivity contribution in [2.45, 2.75) is 23.6 Å². The second kappa shape index (κ2) is 13.3. The number of hydrogen-bond acceptors (Lipinski definition) is 9. The summed E-state index contributed by atoms with van der Waals surface area (Å²) in [5, 5.41) is 5.22. The van der Waals surface area contributed by atoms with Crippen LogP contribution in [0.25, 0.3) is 0 Å². The van der Waals surface area contributed by atoms with Crippen molar-refractivity contribution in [3.63, 3.8) is 0 Å². The molecule has 42 heavy (non-hydrogen) atoms. The highest BCUT2D eigenvalue weighted by molar-refractivity contribution is 7.87. The van der Waals surface area contributed by atoms with Gasteiger partial charge in [0, 0.05) is 11.4 Å². The summed E-state index contributed by atoms with van der Waals surface area (Å²) in [7, 11) is -8.13. The van der Waals surface area contributed by atoms with Crippen LogP contribution in [0.15, 0.2) is 107 Å². The van der Waals surface area contributed by atoms with E-state index in [1.807, 2.05) is 13.8 Å². The van der Waals surface area contributed by atoms with Crippen molar-refractivity contribution in [1.82, 2.24) is 0 Å². The minimum atomic E-state index is -4.06. The highest BCUT2D eigenvalue weighted by Gasteiger charge is 2.18. The summed E-state index contributed by atoms with van der Waals surface area (Å²) < 4.78 is 71.2. The van der Waals surface area contributed by atoms with Gasteiger partial charge in [0.1, 0.15) is 32.8 Å². The van der Waals surface area contributed by atoms with E-state index in [4.69, 9.17) is 17.8 Å². The molecule has 0 spiro atoms. The van der Waals surface area contributed by atoms with Gasteiger partial charge in [0.15, 0.2) is 0 Å². The maximum atomic E-state index is 12.6. The van der Waals surface area contributed by atoms with Gasteiger partial charge in [0.25, 0.3) is 0 Å². The smallest absolute Gasteiger partial charge is 0.339 e. The fourth-order valence-corrected chi connectivity index (χ4v) is 5.43. The van der Waals surface area contributed by atoms with Gasteiger partial charge in [0.2, 0.25) is 0 Å². The zero-order valence-corrected chi connectivity index (χ0v) is 24.3. The van der Waals surface area contributed by atoms with E-state index in [9.17, 15) is 21.6 Å². The van der Waals surface area contributed by atoms with Gasteiger partial charge in [-0.1, -0.05) is 0 Å². The summed E-state index contributed by atoms with van der Waals surface area (Å²) in [6.45, 7) is 4.57. The lowest BCUT2D eigenvalue weighted by molar-refractivity contribution is 0.262. The summed E-state index contributed by atoms with van der Waals surface area (Å²) in [4.78, 5) is 12.4. The Kier molecular flexibility index (Phi) is 9.55. The molecule has 4 aromatic carbocycles. The normalized spacial score (nSPS) is 11.3. The number of anilines is 2. The molecule has 0 saturated heterocycles. The van der Waals surface area contributed by atoms with E-state index >= 15 is 0 Å². The average Bonchev–Trinajstić information content (AvgIpc) is 2.96. The van der Waals surface area contributed by atoms with Gasteiger partial charge in [-0.25, -0.2) is 4.79 Å². The van der Waals surface area contributed by atoms with Crippen molar-refractivity contribution in [2.24, 2.45) is 0 Å². The lowest BCUT2D eigenvalue weighted by Gasteiger charge is -2.11. The predicted octanol–water partition coefficient (Wildman–Crippen LogP) is 5.66. The number of amides is 2. The molecule has 220 valence electrons. The second-order valence-electron chi connectivity index (χ2n) is 8.51. The third kappa shape index (κ3) is 8.15. The van der Waals surface area contributed by atoms with Crippen LogP contribution in [0.4, 0.5) is 16.2 Å². The van der Waals surface area contributed by atoms with Crippen LogP contribution in [-0.2, 0) is 20.2 Å². The molecule has 0 aliphatic carbocycles. The van der Waals surface area contributed by atoms with E-state index in [0.29, 0.717) is 36.1 Å². The topological polar surface area (TPSA) is 146 Å². The van der Waals surface area contributed by atoms with Crippen molar-refractivity contribution < 1.29 is 39.5 Å². The maximum Gasteiger partial charge on any atom is 0.339 e. The predicted molar refractivity (Wildman–Crippen MR) is 156 cm³/mol. The minimum absolute atomic E-state index is 0.0299. The average molecular weight is 613 g/mol. The Labute approximate surface area is 244 Å². The molecule has 0 aromatic heterocycles. The van der Waals surface area contributed by atoms with E-state index in [1.165, 1.54) is 97.1 Å². The van der Waals surface area contributed by atoms with Crippen LogP contribution in [-0.4, -0.2) is 36.1 Å². The van der Waals surface area contributed by atoms with Crippen LogP contribution >= 0.6 is 0 Å². The molecule has 0 aliphatic heterocycles. The summed E-state index contributed by atoms with van der Waals surface area (Å²) in [5.74, 6) is 1.21. The van der Waals surface area contributed by atoms with Crippen LogP contribution < -0.4 is 28.5 Å². The Bertz CT molecular complexity index is 1580. The molecule has 2 amide bonds. The molecule has 0 heterocycles. The molecule has 0 fully saturated rings. The first-order chi connectivity index (χ1) is 20.1. The van der Waals surface area contributed by atoms with E-state index in [1.54, 1.807) is 0 Å². The van der Waals surface area contributed by atoms with Crippen LogP contribution in [0.5, 0.6) is 23.0 Å². The van der Waals surface area contributed by atoms with Crippen molar-refractivity contribution in [2.75, 3.05) is 23.8 Å². The number of hydrogen-bond donors (Lipinski definition) is 2. The highest BCUT2D eigenvalue weighted by Crippen LogP contribution is 2.24.